The molecule has 5 aromatic rings. The number of hydrogen-bond acceptors (Lipinski definition) is 5. The topological polar surface area (TPSA) is 94.6 Å². The molecule has 0 saturated carbocycles. The quantitative estimate of drug-likeness (QED) is 0.291. The smallest absolute Gasteiger partial charge is 0.307 e. The number of rotatable bonds is 8. The van der Waals surface area contributed by atoms with Crippen LogP contribution in [-0.2, 0) is 17.6 Å². The second-order valence-electron chi connectivity index (χ2n) is 8.86. The third-order valence-electron chi connectivity index (χ3n) is 6.29. The fraction of sp³-hybridized carbons (Fsp3) is 0.167. The number of benzene rings is 3. The molecule has 3 aromatic carbocycles. The van der Waals surface area contributed by atoms with Crippen molar-refractivity contribution in [2.24, 2.45) is 0 Å². The van der Waals surface area contributed by atoms with Crippen molar-refractivity contribution in [2.45, 2.75) is 26.7 Å². The van der Waals surface area contributed by atoms with Crippen LogP contribution in [0.4, 0.5) is 0 Å². The number of carboxylic acids is 1. The zero-order chi connectivity index (χ0) is 25.9. The van der Waals surface area contributed by atoms with Crippen molar-refractivity contribution in [3.63, 3.8) is 0 Å². The summed E-state index contributed by atoms with van der Waals surface area (Å²) < 4.78 is 13.3. The molecule has 0 saturated heterocycles. The average Bonchev–Trinajstić information content (AvgIpc) is 3.44. The van der Waals surface area contributed by atoms with Gasteiger partial charge in [0.25, 0.3) is 5.91 Å². The maximum atomic E-state index is 13.3. The van der Waals surface area contributed by atoms with Gasteiger partial charge in [0.15, 0.2) is 0 Å². The summed E-state index contributed by atoms with van der Waals surface area (Å²) in [6.07, 6.45) is 0.499. The van der Waals surface area contributed by atoms with Gasteiger partial charge in [0.2, 0.25) is 5.89 Å². The second kappa shape index (κ2) is 10.1. The van der Waals surface area contributed by atoms with E-state index in [9.17, 15) is 14.7 Å². The van der Waals surface area contributed by atoms with Gasteiger partial charge in [-0.3, -0.25) is 14.2 Å². The summed E-state index contributed by atoms with van der Waals surface area (Å²) in [6.45, 7) is 4.16. The molecular formula is C30H26N2O5. The Morgan fingerprint density at radius 3 is 2.46 bits per heavy atom. The Labute approximate surface area is 214 Å². The Bertz CT molecular complexity index is 1580. The highest BCUT2D eigenvalue weighted by Crippen LogP contribution is 2.26. The summed E-state index contributed by atoms with van der Waals surface area (Å²) in [4.78, 5) is 29.2. The zero-order valence-electron chi connectivity index (χ0n) is 20.6. The van der Waals surface area contributed by atoms with E-state index < -0.39 is 5.97 Å². The lowest BCUT2D eigenvalue weighted by atomic mass is 10.1. The molecule has 0 spiro atoms. The highest BCUT2D eigenvalue weighted by molar-refractivity contribution is 6.04. The van der Waals surface area contributed by atoms with Gasteiger partial charge >= 0.3 is 5.97 Å². The Morgan fingerprint density at radius 2 is 1.73 bits per heavy atom. The highest BCUT2D eigenvalue weighted by atomic mass is 16.5. The average molecular weight is 495 g/mol. The highest BCUT2D eigenvalue weighted by Gasteiger charge is 2.17. The van der Waals surface area contributed by atoms with Crippen molar-refractivity contribution >= 4 is 22.8 Å². The Kier molecular flexibility index (Phi) is 6.60. The number of carboxylic acid groups (broad SMARTS) is 1. The molecular weight excluding hydrogens is 468 g/mol. The SMILES string of the molecule is Cc1oc(-c2ccccc2)nc1CCOc1ccc(C(=O)n2c(C)cc3c(CC(=O)O)cccc32)cc1. The molecule has 2 aromatic heterocycles. The molecule has 7 nitrogen and oxygen atoms in total. The molecule has 0 unspecified atom stereocenters. The first-order valence-electron chi connectivity index (χ1n) is 12.0. The molecule has 0 atom stereocenters. The number of aliphatic carboxylic acids is 1. The van der Waals surface area contributed by atoms with Crippen molar-refractivity contribution in [3.8, 4) is 17.2 Å². The largest absolute Gasteiger partial charge is 0.493 e. The van der Waals surface area contributed by atoms with Crippen LogP contribution in [0, 0.1) is 13.8 Å². The molecule has 5 rings (SSSR count). The maximum Gasteiger partial charge on any atom is 0.307 e. The molecule has 0 amide bonds. The van der Waals surface area contributed by atoms with Gasteiger partial charge in [0.1, 0.15) is 11.5 Å². The van der Waals surface area contributed by atoms with Gasteiger partial charge in [0.05, 0.1) is 24.2 Å². The number of fused-ring (bicyclic) bond motifs is 1. The van der Waals surface area contributed by atoms with Crippen LogP contribution in [0.15, 0.2) is 83.3 Å². The molecule has 1 N–H and O–H groups in total. The monoisotopic (exact) mass is 494 g/mol. The van der Waals surface area contributed by atoms with Gasteiger partial charge in [-0.05, 0) is 67.9 Å². The van der Waals surface area contributed by atoms with Crippen molar-refractivity contribution in [1.82, 2.24) is 9.55 Å². The van der Waals surface area contributed by atoms with Crippen LogP contribution in [0.3, 0.4) is 0 Å². The number of carbonyl (C=O) groups is 2. The molecule has 0 bridgehead atoms. The molecule has 0 aliphatic rings. The van der Waals surface area contributed by atoms with Crippen LogP contribution in [0.5, 0.6) is 5.75 Å². The van der Waals surface area contributed by atoms with E-state index in [2.05, 4.69) is 4.98 Å². The molecule has 0 radical (unpaired) electrons. The lowest BCUT2D eigenvalue weighted by Crippen LogP contribution is -2.13. The number of nitrogens with zero attached hydrogens (tertiary/aromatic N) is 2. The lowest BCUT2D eigenvalue weighted by Gasteiger charge is -2.09. The molecule has 2 heterocycles. The summed E-state index contributed by atoms with van der Waals surface area (Å²) in [6, 6.07) is 24.0. The van der Waals surface area contributed by atoms with Gasteiger partial charge in [-0.15, -0.1) is 0 Å². The van der Waals surface area contributed by atoms with Crippen LogP contribution >= 0.6 is 0 Å². The summed E-state index contributed by atoms with van der Waals surface area (Å²) >= 11 is 0. The van der Waals surface area contributed by atoms with E-state index in [4.69, 9.17) is 9.15 Å². The number of carbonyl (C=O) groups excluding carboxylic acids is 1. The van der Waals surface area contributed by atoms with Gasteiger partial charge in [-0.25, -0.2) is 4.98 Å². The van der Waals surface area contributed by atoms with E-state index in [1.54, 1.807) is 41.0 Å². The zero-order valence-corrected chi connectivity index (χ0v) is 20.6. The summed E-state index contributed by atoms with van der Waals surface area (Å²) in [5.41, 5.74) is 4.42. The van der Waals surface area contributed by atoms with Gasteiger partial charge in [-0.1, -0.05) is 30.3 Å². The fourth-order valence-electron chi connectivity index (χ4n) is 4.46. The van der Waals surface area contributed by atoms with Crippen molar-refractivity contribution < 1.29 is 23.8 Å². The van der Waals surface area contributed by atoms with E-state index in [0.29, 0.717) is 41.3 Å². The van der Waals surface area contributed by atoms with Crippen LogP contribution in [0.25, 0.3) is 22.4 Å². The Morgan fingerprint density at radius 1 is 0.973 bits per heavy atom. The van der Waals surface area contributed by atoms with E-state index in [1.807, 2.05) is 56.3 Å². The molecule has 0 aliphatic carbocycles. The minimum Gasteiger partial charge on any atom is -0.493 e. The van der Waals surface area contributed by atoms with E-state index in [1.165, 1.54) is 0 Å². The Balaban J connectivity index is 1.26. The van der Waals surface area contributed by atoms with Crippen molar-refractivity contribution in [1.29, 1.82) is 0 Å². The van der Waals surface area contributed by atoms with E-state index >= 15 is 0 Å². The van der Waals surface area contributed by atoms with Gasteiger partial charge in [-0.2, -0.15) is 0 Å². The van der Waals surface area contributed by atoms with Crippen molar-refractivity contribution in [2.75, 3.05) is 6.61 Å². The maximum absolute atomic E-state index is 13.3. The van der Waals surface area contributed by atoms with Crippen LogP contribution in [0.1, 0.15) is 33.1 Å². The predicted molar refractivity (Wildman–Crippen MR) is 140 cm³/mol. The first-order valence-corrected chi connectivity index (χ1v) is 12.0. The summed E-state index contributed by atoms with van der Waals surface area (Å²) in [5, 5.41) is 9.98. The number of hydrogen-bond donors (Lipinski definition) is 1. The van der Waals surface area contributed by atoms with E-state index in [0.717, 1.165) is 28.1 Å². The third-order valence-corrected chi connectivity index (χ3v) is 6.29. The minimum atomic E-state index is -0.907. The number of ether oxygens (including phenoxy) is 1. The Hall–Kier alpha value is -4.65. The number of aryl methyl sites for hydroxylation is 2. The first kappa shape index (κ1) is 24.1. The molecule has 7 heteroatoms. The molecule has 37 heavy (non-hydrogen) atoms. The molecule has 186 valence electrons. The van der Waals surface area contributed by atoms with Gasteiger partial charge < -0.3 is 14.3 Å². The second-order valence-corrected chi connectivity index (χ2v) is 8.86. The molecule has 0 fully saturated rings. The normalized spacial score (nSPS) is 11.1. The minimum absolute atomic E-state index is 0.0948. The molecule has 0 aliphatic heterocycles. The summed E-state index contributed by atoms with van der Waals surface area (Å²) in [5.74, 6) is 0.926. The summed E-state index contributed by atoms with van der Waals surface area (Å²) in [7, 11) is 0. The van der Waals surface area contributed by atoms with Gasteiger partial charge in [0, 0.05) is 28.6 Å². The third kappa shape index (κ3) is 5.02. The predicted octanol–water partition coefficient (Wildman–Crippen LogP) is 5.85. The fourth-order valence-corrected chi connectivity index (χ4v) is 4.46. The van der Waals surface area contributed by atoms with E-state index in [-0.39, 0.29) is 12.3 Å². The number of aromatic nitrogens is 2. The lowest BCUT2D eigenvalue weighted by molar-refractivity contribution is -0.136. The van der Waals surface area contributed by atoms with Crippen LogP contribution < -0.4 is 4.74 Å². The van der Waals surface area contributed by atoms with Crippen LogP contribution in [-0.4, -0.2) is 33.1 Å². The standard InChI is InChI=1S/C30H26N2O5/c1-19-17-25-23(18-28(33)34)9-6-10-27(25)32(19)30(35)22-11-13-24(14-12-22)36-16-15-26-20(2)37-29(31-26)21-7-4-3-5-8-21/h3-14,17H,15-16,18H2,1-2H3,(H,33,34). The van der Waals surface area contributed by atoms with Crippen molar-refractivity contribution in [3.05, 3.63) is 107 Å². The first-order chi connectivity index (χ1) is 17.9. The number of oxazole rings is 1. The van der Waals surface area contributed by atoms with Crippen LogP contribution in [0.2, 0.25) is 0 Å².